The second-order valence-electron chi connectivity index (χ2n) is 6.13. The van der Waals surface area contributed by atoms with Gasteiger partial charge in [-0.15, -0.1) is 0 Å². The summed E-state index contributed by atoms with van der Waals surface area (Å²) in [7, 11) is 1.58. The van der Waals surface area contributed by atoms with Gasteiger partial charge in [0.15, 0.2) is 5.17 Å². The van der Waals surface area contributed by atoms with Crippen LogP contribution in [0.5, 0.6) is 0 Å². The third-order valence-electron chi connectivity index (χ3n) is 4.03. The van der Waals surface area contributed by atoms with Gasteiger partial charge in [-0.2, -0.15) is 0 Å². The van der Waals surface area contributed by atoms with E-state index >= 15 is 0 Å². The minimum atomic E-state index is -1.09. The van der Waals surface area contributed by atoms with Crippen molar-refractivity contribution in [2.24, 2.45) is 4.99 Å². The molecule has 1 saturated heterocycles. The first-order valence-electron chi connectivity index (χ1n) is 8.36. The van der Waals surface area contributed by atoms with E-state index < -0.39 is 17.1 Å². The molecule has 0 aliphatic carbocycles. The van der Waals surface area contributed by atoms with Crippen LogP contribution in [0.2, 0.25) is 10.0 Å². The van der Waals surface area contributed by atoms with Crippen LogP contribution in [0.3, 0.4) is 0 Å². The number of carboxylic acid groups (broad SMARTS) is 1. The maximum atomic E-state index is 12.5. The third kappa shape index (κ3) is 5.09. The summed E-state index contributed by atoms with van der Waals surface area (Å²) in [4.78, 5) is 41.6. The predicted octanol–water partition coefficient (Wildman–Crippen LogP) is 4.28. The molecule has 1 aliphatic rings. The summed E-state index contributed by atoms with van der Waals surface area (Å²) in [5, 5.41) is 12.2. The number of halogens is 2. The van der Waals surface area contributed by atoms with Crippen LogP contribution in [0.25, 0.3) is 0 Å². The van der Waals surface area contributed by atoms with Crippen molar-refractivity contribution in [2.75, 3.05) is 12.4 Å². The molecule has 1 fully saturated rings. The maximum absolute atomic E-state index is 12.5. The number of amides is 2. The first kappa shape index (κ1) is 21.2. The number of carbonyl (C=O) groups excluding carboxylic acids is 2. The average Bonchev–Trinajstić information content (AvgIpc) is 2.92. The quantitative estimate of drug-likeness (QED) is 0.706. The highest BCUT2D eigenvalue weighted by Crippen LogP contribution is 2.32. The van der Waals surface area contributed by atoms with Crippen molar-refractivity contribution < 1.29 is 19.5 Å². The monoisotopic (exact) mass is 451 g/mol. The molecule has 1 atom stereocenters. The van der Waals surface area contributed by atoms with E-state index in [0.717, 1.165) is 0 Å². The van der Waals surface area contributed by atoms with Crippen molar-refractivity contribution in [1.82, 2.24) is 4.90 Å². The first-order chi connectivity index (χ1) is 13.7. The molecule has 3 rings (SSSR count). The number of carbonyl (C=O) groups is 3. The van der Waals surface area contributed by atoms with E-state index in [1.165, 1.54) is 34.9 Å². The Kier molecular flexibility index (Phi) is 6.46. The van der Waals surface area contributed by atoms with Crippen LogP contribution < -0.4 is 5.32 Å². The zero-order chi connectivity index (χ0) is 21.1. The predicted molar refractivity (Wildman–Crippen MR) is 114 cm³/mol. The molecule has 1 unspecified atom stereocenters. The zero-order valence-corrected chi connectivity index (χ0v) is 17.4. The molecule has 2 aromatic rings. The van der Waals surface area contributed by atoms with E-state index in [9.17, 15) is 14.4 Å². The molecule has 1 heterocycles. The number of nitrogens with zero attached hydrogens (tertiary/aromatic N) is 2. The van der Waals surface area contributed by atoms with Gasteiger partial charge in [0.05, 0.1) is 21.3 Å². The molecule has 1 aliphatic heterocycles. The van der Waals surface area contributed by atoms with E-state index in [1.807, 2.05) is 0 Å². The Morgan fingerprint density at radius 3 is 2.66 bits per heavy atom. The summed E-state index contributed by atoms with van der Waals surface area (Å²) in [6.07, 6.45) is -0.0778. The van der Waals surface area contributed by atoms with Crippen LogP contribution in [-0.4, -0.2) is 45.3 Å². The molecule has 150 valence electrons. The zero-order valence-electron chi connectivity index (χ0n) is 15.1. The van der Waals surface area contributed by atoms with Gasteiger partial charge >= 0.3 is 5.97 Å². The van der Waals surface area contributed by atoms with Gasteiger partial charge in [0.1, 0.15) is 5.25 Å². The number of rotatable bonds is 5. The van der Waals surface area contributed by atoms with Crippen LogP contribution in [0.1, 0.15) is 16.8 Å². The van der Waals surface area contributed by atoms with Crippen molar-refractivity contribution in [2.45, 2.75) is 11.7 Å². The molecule has 2 amide bonds. The number of carboxylic acids is 1. The lowest BCUT2D eigenvalue weighted by Crippen LogP contribution is -2.30. The molecule has 10 heteroatoms. The van der Waals surface area contributed by atoms with Crippen LogP contribution >= 0.6 is 35.0 Å². The number of hydrogen-bond donors (Lipinski definition) is 2. The Morgan fingerprint density at radius 2 is 1.97 bits per heavy atom. The van der Waals surface area contributed by atoms with Crippen molar-refractivity contribution in [3.63, 3.8) is 0 Å². The van der Waals surface area contributed by atoms with Gasteiger partial charge in [-0.05, 0) is 36.4 Å². The average molecular weight is 452 g/mol. The van der Waals surface area contributed by atoms with Gasteiger partial charge < -0.3 is 10.4 Å². The largest absolute Gasteiger partial charge is 0.478 e. The Bertz CT molecular complexity index is 1030. The lowest BCUT2D eigenvalue weighted by atomic mass is 10.2. The minimum Gasteiger partial charge on any atom is -0.478 e. The molecule has 0 aromatic heterocycles. The summed E-state index contributed by atoms with van der Waals surface area (Å²) >= 11 is 13.1. The highest BCUT2D eigenvalue weighted by Gasteiger charge is 2.37. The number of thioether (sulfide) groups is 1. The topological polar surface area (TPSA) is 99.1 Å². The Morgan fingerprint density at radius 1 is 1.21 bits per heavy atom. The van der Waals surface area contributed by atoms with Crippen molar-refractivity contribution in [3.05, 3.63) is 58.1 Å². The maximum Gasteiger partial charge on any atom is 0.335 e. The second-order valence-corrected chi connectivity index (χ2v) is 8.12. The van der Waals surface area contributed by atoms with Crippen molar-refractivity contribution in [3.8, 4) is 0 Å². The summed E-state index contributed by atoms with van der Waals surface area (Å²) in [5.41, 5.74) is 0.949. The van der Waals surface area contributed by atoms with Gasteiger partial charge in [-0.1, -0.05) is 41.0 Å². The Balaban J connectivity index is 1.68. The van der Waals surface area contributed by atoms with Gasteiger partial charge in [0.25, 0.3) is 0 Å². The molecule has 0 spiro atoms. The van der Waals surface area contributed by atoms with Crippen molar-refractivity contribution >= 4 is 69.3 Å². The molecule has 2 N–H and O–H groups in total. The lowest BCUT2D eigenvalue weighted by molar-refractivity contribution is -0.127. The molecule has 0 bridgehead atoms. The smallest absolute Gasteiger partial charge is 0.335 e. The fourth-order valence-corrected chi connectivity index (χ4v) is 4.02. The summed E-state index contributed by atoms with van der Waals surface area (Å²) in [5.74, 6) is -1.74. The summed E-state index contributed by atoms with van der Waals surface area (Å²) in [6, 6.07) is 10.8. The van der Waals surface area contributed by atoms with Crippen molar-refractivity contribution in [1.29, 1.82) is 0 Å². The fraction of sp³-hybridized carbons (Fsp3) is 0.158. The summed E-state index contributed by atoms with van der Waals surface area (Å²) < 4.78 is 0. The van der Waals surface area contributed by atoms with E-state index in [1.54, 1.807) is 31.3 Å². The minimum absolute atomic E-state index is 0.0601. The molecule has 29 heavy (non-hydrogen) atoms. The number of aromatic carboxylic acids is 1. The van der Waals surface area contributed by atoms with E-state index in [-0.39, 0.29) is 17.9 Å². The lowest BCUT2D eigenvalue weighted by Gasteiger charge is -2.09. The highest BCUT2D eigenvalue weighted by molar-refractivity contribution is 8.15. The third-order valence-corrected chi connectivity index (χ3v) is 6.00. The molecular weight excluding hydrogens is 437 g/mol. The van der Waals surface area contributed by atoms with Crippen LogP contribution in [0, 0.1) is 0 Å². The van der Waals surface area contributed by atoms with E-state index in [4.69, 9.17) is 28.3 Å². The van der Waals surface area contributed by atoms with Gasteiger partial charge in [-0.25, -0.2) is 9.79 Å². The molecular formula is C19H15Cl2N3O4S. The number of amidine groups is 1. The first-order valence-corrected chi connectivity index (χ1v) is 9.99. The Hall–Kier alpha value is -2.55. The van der Waals surface area contributed by atoms with E-state index in [0.29, 0.717) is 26.6 Å². The molecule has 0 radical (unpaired) electrons. The number of benzene rings is 2. The highest BCUT2D eigenvalue weighted by atomic mass is 35.5. The molecule has 7 nitrogen and oxygen atoms in total. The fourth-order valence-electron chi connectivity index (χ4n) is 2.57. The number of aliphatic imine (C=N–C) groups is 1. The van der Waals surface area contributed by atoms with Crippen LogP contribution in [0.15, 0.2) is 47.5 Å². The van der Waals surface area contributed by atoms with Crippen LogP contribution in [-0.2, 0) is 9.59 Å². The molecule has 0 saturated carbocycles. The van der Waals surface area contributed by atoms with Crippen LogP contribution in [0.4, 0.5) is 11.4 Å². The number of nitrogens with one attached hydrogen (secondary N) is 1. The second kappa shape index (κ2) is 8.86. The number of anilines is 1. The summed E-state index contributed by atoms with van der Waals surface area (Å²) in [6.45, 7) is 0. The molecule has 2 aromatic carbocycles. The van der Waals surface area contributed by atoms with Gasteiger partial charge in [0, 0.05) is 19.2 Å². The Labute approximate surface area is 180 Å². The van der Waals surface area contributed by atoms with Gasteiger partial charge in [-0.3, -0.25) is 14.5 Å². The number of hydrogen-bond acceptors (Lipinski definition) is 5. The van der Waals surface area contributed by atoms with Gasteiger partial charge in [0.2, 0.25) is 11.8 Å². The van der Waals surface area contributed by atoms with E-state index in [2.05, 4.69) is 10.3 Å². The SMILES string of the molecule is CN1C(=O)C(CC(=O)Nc2cccc(C(=O)O)c2)SC1=Nc1ccc(Cl)c(Cl)c1. The normalized spacial score (nSPS) is 17.6. The standard InChI is InChI=1S/C19H15Cl2N3O4S/c1-24-17(26)15(29-19(24)23-12-5-6-13(20)14(21)8-12)9-16(25)22-11-4-2-3-10(7-11)18(27)28/h2-8,15H,9H2,1H3,(H,22,25)(H,27,28).